The van der Waals surface area contributed by atoms with Crippen molar-refractivity contribution in [1.82, 2.24) is 9.80 Å². The first kappa shape index (κ1) is 18.7. The van der Waals surface area contributed by atoms with Crippen LogP contribution in [0.3, 0.4) is 0 Å². The molecular formula is C17H23BrN2O4. The van der Waals surface area contributed by atoms with Gasteiger partial charge in [0.1, 0.15) is 18.4 Å². The number of benzene rings is 1. The first-order valence-electron chi connectivity index (χ1n) is 7.99. The van der Waals surface area contributed by atoms with Gasteiger partial charge in [-0.3, -0.25) is 14.5 Å². The molecule has 1 aliphatic carbocycles. The molecule has 1 unspecified atom stereocenters. The molecule has 1 saturated carbocycles. The van der Waals surface area contributed by atoms with Crippen LogP contribution < -0.4 is 4.74 Å². The van der Waals surface area contributed by atoms with Crippen molar-refractivity contribution < 1.29 is 19.4 Å². The van der Waals surface area contributed by atoms with Gasteiger partial charge in [0.25, 0.3) is 0 Å². The molecule has 1 aromatic carbocycles. The molecule has 6 nitrogen and oxygen atoms in total. The van der Waals surface area contributed by atoms with E-state index in [0.29, 0.717) is 13.2 Å². The zero-order valence-electron chi connectivity index (χ0n) is 13.9. The summed E-state index contributed by atoms with van der Waals surface area (Å²) in [5.41, 5.74) is 0. The molecule has 0 bridgehead atoms. The van der Waals surface area contributed by atoms with Crippen LogP contribution >= 0.6 is 15.9 Å². The van der Waals surface area contributed by atoms with E-state index in [0.717, 1.165) is 23.1 Å². The first-order valence-corrected chi connectivity index (χ1v) is 8.78. The Balaban J connectivity index is 1.78. The second-order valence-electron chi connectivity index (χ2n) is 6.04. The van der Waals surface area contributed by atoms with Gasteiger partial charge in [-0.1, -0.05) is 15.9 Å². The van der Waals surface area contributed by atoms with Crippen LogP contribution in [-0.2, 0) is 9.59 Å². The Kier molecular flexibility index (Phi) is 6.62. The number of likely N-dealkylation sites (N-methyl/N-ethyl adjacent to an activating group) is 1. The normalized spacial score (nSPS) is 15.2. The lowest BCUT2D eigenvalue weighted by Gasteiger charge is -2.27. The summed E-state index contributed by atoms with van der Waals surface area (Å²) in [5.74, 6) is -0.233. The van der Waals surface area contributed by atoms with Gasteiger partial charge in [-0.2, -0.15) is 0 Å². The molecule has 0 radical (unpaired) electrons. The monoisotopic (exact) mass is 398 g/mol. The van der Waals surface area contributed by atoms with E-state index in [1.165, 1.54) is 0 Å². The molecular weight excluding hydrogens is 376 g/mol. The third-order valence-corrected chi connectivity index (χ3v) is 4.65. The highest BCUT2D eigenvalue weighted by Gasteiger charge is 2.36. The van der Waals surface area contributed by atoms with Gasteiger partial charge in [0.2, 0.25) is 5.91 Å². The lowest BCUT2D eigenvalue weighted by Crippen LogP contribution is -2.47. The minimum atomic E-state index is -0.893. The van der Waals surface area contributed by atoms with Gasteiger partial charge in [-0.25, -0.2) is 0 Å². The fourth-order valence-electron chi connectivity index (χ4n) is 2.36. The van der Waals surface area contributed by atoms with Crippen molar-refractivity contribution in [3.8, 4) is 5.75 Å². The summed E-state index contributed by atoms with van der Waals surface area (Å²) in [7, 11) is 1.71. The molecule has 132 valence electrons. The highest BCUT2D eigenvalue weighted by atomic mass is 79.9. The van der Waals surface area contributed by atoms with Crippen LogP contribution in [0, 0.1) is 0 Å². The molecule has 0 aromatic heterocycles. The highest BCUT2D eigenvalue weighted by Crippen LogP contribution is 2.28. The Morgan fingerprint density at radius 3 is 2.50 bits per heavy atom. The van der Waals surface area contributed by atoms with Crippen molar-refractivity contribution in [2.75, 3.05) is 26.7 Å². The molecule has 1 amide bonds. The van der Waals surface area contributed by atoms with E-state index in [1.54, 1.807) is 23.8 Å². The summed E-state index contributed by atoms with van der Waals surface area (Å²) >= 11 is 3.36. The number of aliphatic carboxylic acids is 1. The van der Waals surface area contributed by atoms with Gasteiger partial charge in [0.15, 0.2) is 0 Å². The molecule has 0 heterocycles. The molecule has 0 aliphatic heterocycles. The zero-order chi connectivity index (χ0) is 17.7. The van der Waals surface area contributed by atoms with E-state index in [2.05, 4.69) is 15.9 Å². The van der Waals surface area contributed by atoms with Crippen LogP contribution in [0.2, 0.25) is 0 Å². The summed E-state index contributed by atoms with van der Waals surface area (Å²) in [4.78, 5) is 26.9. The van der Waals surface area contributed by atoms with E-state index in [9.17, 15) is 14.7 Å². The van der Waals surface area contributed by atoms with E-state index >= 15 is 0 Å². The van der Waals surface area contributed by atoms with Gasteiger partial charge < -0.3 is 14.7 Å². The van der Waals surface area contributed by atoms with Crippen LogP contribution in [0.15, 0.2) is 28.7 Å². The van der Waals surface area contributed by atoms with E-state index in [1.807, 2.05) is 24.3 Å². The number of carbonyl (C=O) groups excluding carboxylic acids is 1. The number of rotatable bonds is 9. The molecule has 1 N–H and O–H groups in total. The fraction of sp³-hybridized carbons (Fsp3) is 0.529. The Hall–Kier alpha value is -1.60. The van der Waals surface area contributed by atoms with Crippen LogP contribution in [0.4, 0.5) is 0 Å². The SMILES string of the molecule is CC(C(=O)O)N(CC(=O)N(C)CCOc1ccc(Br)cc1)C1CC1. The van der Waals surface area contributed by atoms with Crippen LogP contribution in [0.25, 0.3) is 0 Å². The average molecular weight is 399 g/mol. The zero-order valence-corrected chi connectivity index (χ0v) is 15.5. The second-order valence-corrected chi connectivity index (χ2v) is 6.95. The summed E-state index contributed by atoms with van der Waals surface area (Å²) in [6.45, 7) is 2.61. The van der Waals surface area contributed by atoms with Gasteiger partial charge in [-0.15, -0.1) is 0 Å². The minimum absolute atomic E-state index is 0.0885. The molecule has 24 heavy (non-hydrogen) atoms. The summed E-state index contributed by atoms with van der Waals surface area (Å²) < 4.78 is 6.59. The predicted molar refractivity (Wildman–Crippen MR) is 94.1 cm³/mol. The maximum absolute atomic E-state index is 12.3. The molecule has 7 heteroatoms. The largest absolute Gasteiger partial charge is 0.492 e. The minimum Gasteiger partial charge on any atom is -0.492 e. The van der Waals surface area contributed by atoms with Crippen LogP contribution in [0.5, 0.6) is 5.75 Å². The van der Waals surface area contributed by atoms with Crippen molar-refractivity contribution in [3.05, 3.63) is 28.7 Å². The Bertz CT molecular complexity index is 574. The quantitative estimate of drug-likeness (QED) is 0.690. The predicted octanol–water partition coefficient (Wildman–Crippen LogP) is 2.22. The number of carbonyl (C=O) groups is 2. The maximum Gasteiger partial charge on any atom is 0.320 e. The van der Waals surface area contributed by atoms with Crippen molar-refractivity contribution in [1.29, 1.82) is 0 Å². The number of nitrogens with zero attached hydrogens (tertiary/aromatic N) is 2. The number of hydrogen-bond donors (Lipinski definition) is 1. The van der Waals surface area contributed by atoms with Gasteiger partial charge in [0.05, 0.1) is 13.1 Å². The molecule has 2 rings (SSSR count). The third kappa shape index (κ3) is 5.49. The molecule has 0 spiro atoms. The molecule has 1 aromatic rings. The van der Waals surface area contributed by atoms with Crippen molar-refractivity contribution in [3.63, 3.8) is 0 Å². The first-order chi connectivity index (χ1) is 11.4. The molecule has 1 fully saturated rings. The molecule has 0 saturated heterocycles. The third-order valence-electron chi connectivity index (χ3n) is 4.12. The second kappa shape index (κ2) is 8.48. The summed E-state index contributed by atoms with van der Waals surface area (Å²) in [5, 5.41) is 9.18. The van der Waals surface area contributed by atoms with Gasteiger partial charge >= 0.3 is 5.97 Å². The van der Waals surface area contributed by atoms with Crippen LogP contribution in [0.1, 0.15) is 19.8 Å². The average Bonchev–Trinajstić information content (AvgIpc) is 3.38. The fourth-order valence-corrected chi connectivity index (χ4v) is 2.63. The summed E-state index contributed by atoms with van der Waals surface area (Å²) in [6.07, 6.45) is 1.92. The number of hydrogen-bond acceptors (Lipinski definition) is 4. The lowest BCUT2D eigenvalue weighted by molar-refractivity contribution is -0.144. The Morgan fingerprint density at radius 2 is 1.96 bits per heavy atom. The van der Waals surface area contributed by atoms with Crippen molar-refractivity contribution >= 4 is 27.8 Å². The van der Waals surface area contributed by atoms with E-state index in [-0.39, 0.29) is 18.5 Å². The standard InChI is InChI=1S/C17H23BrN2O4/c1-12(17(22)23)20(14-5-6-14)11-16(21)19(2)9-10-24-15-7-3-13(18)4-8-15/h3-4,7-8,12,14H,5-6,9-11H2,1-2H3,(H,22,23). The Labute approximate surface area is 150 Å². The smallest absolute Gasteiger partial charge is 0.320 e. The summed E-state index contributed by atoms with van der Waals surface area (Å²) in [6, 6.07) is 7.07. The number of carboxylic acid groups (broad SMARTS) is 1. The number of halogens is 1. The highest BCUT2D eigenvalue weighted by molar-refractivity contribution is 9.10. The van der Waals surface area contributed by atoms with Crippen LogP contribution in [-0.4, -0.2) is 65.6 Å². The van der Waals surface area contributed by atoms with E-state index in [4.69, 9.17) is 4.74 Å². The van der Waals surface area contributed by atoms with Crippen molar-refractivity contribution in [2.24, 2.45) is 0 Å². The lowest BCUT2D eigenvalue weighted by atomic mass is 10.2. The van der Waals surface area contributed by atoms with E-state index < -0.39 is 12.0 Å². The topological polar surface area (TPSA) is 70.1 Å². The molecule has 1 atom stereocenters. The Morgan fingerprint density at radius 1 is 1.33 bits per heavy atom. The maximum atomic E-state index is 12.3. The molecule has 1 aliphatic rings. The van der Waals surface area contributed by atoms with Gasteiger partial charge in [0, 0.05) is 17.6 Å². The van der Waals surface area contributed by atoms with Crippen molar-refractivity contribution in [2.45, 2.75) is 31.8 Å². The number of ether oxygens (including phenoxy) is 1. The van der Waals surface area contributed by atoms with Gasteiger partial charge in [-0.05, 0) is 44.0 Å². The number of carboxylic acids is 1. The number of amides is 1.